The Morgan fingerprint density at radius 1 is 1.25 bits per heavy atom. The number of nitrogens with one attached hydrogen (secondary N) is 1. The molecule has 0 saturated heterocycles. The third-order valence-corrected chi connectivity index (χ3v) is 3.75. The normalized spacial score (nSPS) is 12.1. The van der Waals surface area contributed by atoms with Crippen molar-refractivity contribution in [1.29, 1.82) is 0 Å². The summed E-state index contributed by atoms with van der Waals surface area (Å²) in [7, 11) is -0.305. The summed E-state index contributed by atoms with van der Waals surface area (Å²) in [5.41, 5.74) is 7.62. The number of nitrogens with two attached hydrogens (primary N) is 1. The lowest BCUT2D eigenvalue weighted by molar-refractivity contribution is 0.364. The molecule has 0 aliphatic carbocycles. The number of aryl methyl sites for hydroxylation is 1. The van der Waals surface area contributed by atoms with Gasteiger partial charge in [0.25, 0.3) is 10.0 Å². The highest BCUT2D eigenvalue weighted by molar-refractivity contribution is 7.89. The molecule has 1 aromatic carbocycles. The molecule has 5 nitrogen and oxygen atoms in total. The molecule has 16 heavy (non-hydrogen) atoms. The number of anilines is 1. The molecule has 0 amide bonds. The Bertz CT molecular complexity index is 495. The predicted octanol–water partition coefficient (Wildman–Crippen LogP) is 0.641. The number of benzene rings is 1. The summed E-state index contributed by atoms with van der Waals surface area (Å²) in [5, 5.41) is 1.38. The van der Waals surface area contributed by atoms with Gasteiger partial charge >= 0.3 is 0 Å². The Morgan fingerprint density at radius 2 is 1.81 bits per heavy atom. The smallest absolute Gasteiger partial charge is 0.253 e. The third-order valence-electron chi connectivity index (χ3n) is 2.14. The molecule has 0 aliphatic heterocycles. The van der Waals surface area contributed by atoms with Crippen LogP contribution in [0.15, 0.2) is 17.0 Å². The number of rotatable bonds is 3. The van der Waals surface area contributed by atoms with Gasteiger partial charge in [-0.05, 0) is 37.1 Å². The van der Waals surface area contributed by atoms with E-state index < -0.39 is 10.0 Å². The van der Waals surface area contributed by atoms with Gasteiger partial charge in [0.05, 0.1) is 4.90 Å². The van der Waals surface area contributed by atoms with Crippen molar-refractivity contribution in [2.24, 2.45) is 0 Å². The molecule has 0 saturated carbocycles. The zero-order chi connectivity index (χ0) is 12.5. The molecule has 0 bridgehead atoms. The van der Waals surface area contributed by atoms with Crippen LogP contribution in [0, 0.1) is 13.8 Å². The van der Waals surface area contributed by atoms with Gasteiger partial charge in [-0.15, -0.1) is 4.83 Å². The molecule has 1 rings (SSSR count). The first kappa shape index (κ1) is 13.0. The highest BCUT2D eigenvalue weighted by atomic mass is 32.2. The third kappa shape index (κ3) is 2.72. The zero-order valence-electron chi connectivity index (χ0n) is 9.90. The maximum atomic E-state index is 12.0. The molecule has 3 N–H and O–H groups in total. The maximum Gasteiger partial charge on any atom is 0.253 e. The van der Waals surface area contributed by atoms with E-state index in [4.69, 9.17) is 5.73 Å². The van der Waals surface area contributed by atoms with Crippen LogP contribution in [0.1, 0.15) is 11.1 Å². The van der Waals surface area contributed by atoms with Crippen LogP contribution in [0.4, 0.5) is 5.69 Å². The lowest BCUT2D eigenvalue weighted by Crippen LogP contribution is -2.36. The van der Waals surface area contributed by atoms with Crippen LogP contribution in [0.2, 0.25) is 0 Å². The van der Waals surface area contributed by atoms with Crippen LogP contribution in [-0.4, -0.2) is 27.5 Å². The SMILES string of the molecule is Cc1cc(N)c(C)c(S(=O)(=O)NN(C)C)c1. The van der Waals surface area contributed by atoms with E-state index in [0.717, 1.165) is 5.56 Å². The Labute approximate surface area is 96.3 Å². The van der Waals surface area contributed by atoms with E-state index in [0.29, 0.717) is 11.3 Å². The van der Waals surface area contributed by atoms with E-state index >= 15 is 0 Å². The van der Waals surface area contributed by atoms with E-state index in [1.54, 1.807) is 33.2 Å². The molecule has 0 unspecified atom stereocenters. The lowest BCUT2D eigenvalue weighted by atomic mass is 10.1. The van der Waals surface area contributed by atoms with Crippen LogP contribution in [0.25, 0.3) is 0 Å². The largest absolute Gasteiger partial charge is 0.398 e. The first-order valence-electron chi connectivity index (χ1n) is 4.80. The number of nitrogens with zero attached hydrogens (tertiary/aromatic N) is 1. The molecule has 0 fully saturated rings. The Hall–Kier alpha value is -1.11. The minimum atomic E-state index is -3.54. The molecule has 90 valence electrons. The van der Waals surface area contributed by atoms with Crippen LogP contribution in [0.5, 0.6) is 0 Å². The van der Waals surface area contributed by atoms with Crippen molar-refractivity contribution in [2.75, 3.05) is 19.8 Å². The van der Waals surface area contributed by atoms with E-state index in [1.807, 2.05) is 6.92 Å². The monoisotopic (exact) mass is 243 g/mol. The number of nitrogen functional groups attached to an aromatic ring is 1. The second kappa shape index (κ2) is 4.40. The summed E-state index contributed by atoms with van der Waals surface area (Å²) < 4.78 is 23.9. The first-order valence-corrected chi connectivity index (χ1v) is 6.29. The van der Waals surface area contributed by atoms with Crippen molar-refractivity contribution in [3.63, 3.8) is 0 Å². The average Bonchev–Trinajstić information content (AvgIpc) is 2.08. The van der Waals surface area contributed by atoms with Gasteiger partial charge in [0.2, 0.25) is 0 Å². The summed E-state index contributed by atoms with van der Waals surface area (Å²) in [5.74, 6) is 0. The summed E-state index contributed by atoms with van der Waals surface area (Å²) in [6, 6.07) is 3.36. The van der Waals surface area contributed by atoms with Crippen molar-refractivity contribution in [3.8, 4) is 0 Å². The number of hydrazine groups is 1. The van der Waals surface area contributed by atoms with Crippen LogP contribution >= 0.6 is 0 Å². The molecule has 0 aliphatic rings. The summed E-state index contributed by atoms with van der Waals surface area (Å²) in [6.45, 7) is 3.50. The minimum Gasteiger partial charge on any atom is -0.398 e. The molecular formula is C10H17N3O2S. The predicted molar refractivity (Wildman–Crippen MR) is 64.3 cm³/mol. The molecule has 1 aromatic rings. The first-order chi connectivity index (χ1) is 7.24. The van der Waals surface area contributed by atoms with Crippen molar-refractivity contribution in [3.05, 3.63) is 23.3 Å². The van der Waals surface area contributed by atoms with E-state index in [9.17, 15) is 8.42 Å². The highest BCUT2D eigenvalue weighted by Crippen LogP contribution is 2.22. The molecule has 0 radical (unpaired) electrons. The van der Waals surface area contributed by atoms with Crippen molar-refractivity contribution in [1.82, 2.24) is 9.84 Å². The van der Waals surface area contributed by atoms with Gasteiger partial charge in [0.1, 0.15) is 0 Å². The summed E-state index contributed by atoms with van der Waals surface area (Å²) in [6.07, 6.45) is 0. The number of sulfonamides is 1. The van der Waals surface area contributed by atoms with Gasteiger partial charge in [-0.2, -0.15) is 0 Å². The highest BCUT2D eigenvalue weighted by Gasteiger charge is 2.19. The maximum absolute atomic E-state index is 12.0. The fraction of sp³-hybridized carbons (Fsp3) is 0.400. The molecule has 0 aromatic heterocycles. The van der Waals surface area contributed by atoms with Gasteiger partial charge in [-0.25, -0.2) is 13.4 Å². The number of hydrogen-bond donors (Lipinski definition) is 2. The Balaban J connectivity index is 3.33. The Morgan fingerprint density at radius 3 is 2.31 bits per heavy atom. The summed E-state index contributed by atoms with van der Waals surface area (Å²) >= 11 is 0. The van der Waals surface area contributed by atoms with Crippen molar-refractivity contribution < 1.29 is 8.42 Å². The second-order valence-electron chi connectivity index (χ2n) is 3.97. The van der Waals surface area contributed by atoms with Gasteiger partial charge < -0.3 is 5.73 Å². The topological polar surface area (TPSA) is 75.4 Å². The van der Waals surface area contributed by atoms with E-state index in [1.165, 1.54) is 5.01 Å². The second-order valence-corrected chi connectivity index (χ2v) is 5.60. The fourth-order valence-corrected chi connectivity index (χ4v) is 2.86. The lowest BCUT2D eigenvalue weighted by Gasteiger charge is -2.15. The Kier molecular flexibility index (Phi) is 3.57. The molecular weight excluding hydrogens is 226 g/mol. The number of hydrogen-bond acceptors (Lipinski definition) is 4. The standard InChI is InChI=1S/C10H17N3O2S/c1-7-5-9(11)8(2)10(6-7)16(14,15)12-13(3)4/h5-6,12H,11H2,1-4H3. The molecule has 6 heteroatoms. The van der Waals surface area contributed by atoms with Crippen molar-refractivity contribution in [2.45, 2.75) is 18.7 Å². The van der Waals surface area contributed by atoms with Gasteiger partial charge in [0.15, 0.2) is 0 Å². The van der Waals surface area contributed by atoms with Crippen molar-refractivity contribution >= 4 is 15.7 Å². The quantitative estimate of drug-likeness (QED) is 0.603. The van der Waals surface area contributed by atoms with Crippen LogP contribution in [0.3, 0.4) is 0 Å². The zero-order valence-corrected chi connectivity index (χ0v) is 10.7. The van der Waals surface area contributed by atoms with E-state index in [-0.39, 0.29) is 4.90 Å². The summed E-state index contributed by atoms with van der Waals surface area (Å²) in [4.78, 5) is 2.60. The van der Waals surface area contributed by atoms with Gasteiger partial charge in [0, 0.05) is 19.8 Å². The fourth-order valence-electron chi connectivity index (χ4n) is 1.42. The molecule has 0 spiro atoms. The van der Waals surface area contributed by atoms with Crippen LogP contribution in [-0.2, 0) is 10.0 Å². The molecule has 0 atom stereocenters. The van der Waals surface area contributed by atoms with Crippen LogP contribution < -0.4 is 10.6 Å². The molecule has 0 heterocycles. The van der Waals surface area contributed by atoms with E-state index in [2.05, 4.69) is 4.83 Å². The van der Waals surface area contributed by atoms with Gasteiger partial charge in [-0.1, -0.05) is 0 Å². The van der Waals surface area contributed by atoms with Gasteiger partial charge in [-0.3, -0.25) is 0 Å². The minimum absolute atomic E-state index is 0.221. The average molecular weight is 243 g/mol.